The fourth-order valence-corrected chi connectivity index (χ4v) is 0.290. The molecule has 0 spiro atoms. The van der Waals surface area contributed by atoms with E-state index in [0.717, 1.165) is 6.39 Å². The van der Waals surface area contributed by atoms with Crippen LogP contribution in [0.15, 0.2) is 10.8 Å². The molecule has 1 aromatic heterocycles. The van der Waals surface area contributed by atoms with Gasteiger partial charge in [0.25, 0.3) is 5.89 Å². The molecule has 1 aromatic rings. The van der Waals surface area contributed by atoms with Crippen molar-refractivity contribution in [1.82, 2.24) is 10.2 Å². The summed E-state index contributed by atoms with van der Waals surface area (Å²) in [4.78, 5) is 0. The highest BCUT2D eigenvalue weighted by atomic mass is 16.4. The van der Waals surface area contributed by atoms with Gasteiger partial charge in [-0.25, -0.2) is 0 Å². The second-order valence-electron chi connectivity index (χ2n) is 1.16. The number of hydrogen-bond acceptors (Lipinski definition) is 4. The van der Waals surface area contributed by atoms with Crippen molar-refractivity contribution in [2.24, 2.45) is 5.73 Å². The molecule has 0 saturated heterocycles. The Morgan fingerprint density at radius 1 is 1.88 bits per heavy atom. The summed E-state index contributed by atoms with van der Waals surface area (Å²) >= 11 is 0. The van der Waals surface area contributed by atoms with Crippen LogP contribution < -0.4 is 5.73 Å². The van der Waals surface area contributed by atoms with E-state index >= 15 is 0 Å². The molecule has 0 aromatic carbocycles. The third-order valence-corrected chi connectivity index (χ3v) is 0.590. The van der Waals surface area contributed by atoms with Gasteiger partial charge in [0.1, 0.15) is 0 Å². The Kier molecular flexibility index (Phi) is 0.957. The van der Waals surface area contributed by atoms with Gasteiger partial charge in [-0.3, -0.25) is 5.41 Å². The summed E-state index contributed by atoms with van der Waals surface area (Å²) in [5.74, 6) is -0.146. The number of amidine groups is 1. The van der Waals surface area contributed by atoms with Crippen LogP contribution in [0.3, 0.4) is 0 Å². The van der Waals surface area contributed by atoms with E-state index in [1.54, 1.807) is 0 Å². The molecule has 3 N–H and O–H groups in total. The molecule has 0 aliphatic rings. The smallest absolute Gasteiger partial charge is 0.282 e. The van der Waals surface area contributed by atoms with E-state index in [1.165, 1.54) is 0 Å². The Bertz CT molecular complexity index is 179. The summed E-state index contributed by atoms with van der Waals surface area (Å²) in [6.07, 6.45) is 1.12. The van der Waals surface area contributed by atoms with Crippen molar-refractivity contribution in [3.05, 3.63) is 12.3 Å². The van der Waals surface area contributed by atoms with Crippen molar-refractivity contribution in [2.45, 2.75) is 0 Å². The van der Waals surface area contributed by atoms with Gasteiger partial charge in [0, 0.05) is 0 Å². The summed E-state index contributed by atoms with van der Waals surface area (Å²) in [5, 5.41) is 13.4. The second-order valence-corrected chi connectivity index (χ2v) is 1.16. The molecule has 5 heteroatoms. The minimum absolute atomic E-state index is 0.0602. The van der Waals surface area contributed by atoms with Crippen LogP contribution in [0, 0.1) is 5.41 Å². The maximum absolute atomic E-state index is 6.73. The highest BCUT2D eigenvalue weighted by Gasteiger charge is 1.98. The number of nitrogens with one attached hydrogen (secondary N) is 1. The van der Waals surface area contributed by atoms with E-state index in [0.29, 0.717) is 0 Å². The Labute approximate surface area is 45.0 Å². The fourth-order valence-electron chi connectivity index (χ4n) is 0.290. The van der Waals surface area contributed by atoms with Gasteiger partial charge in [-0.15, -0.1) is 10.2 Å². The maximum Gasteiger partial charge on any atom is 0.282 e. The quantitative estimate of drug-likeness (QED) is 0.373. The van der Waals surface area contributed by atoms with Crippen LogP contribution in [0.2, 0.25) is 0 Å². The monoisotopic (exact) mass is 112 g/mol. The standard InChI is InChI=1S/C3H4N4O/c4-2(5)3-7-6-1-8-3/h1H,(H3,4,5). The van der Waals surface area contributed by atoms with Gasteiger partial charge in [0.05, 0.1) is 0 Å². The van der Waals surface area contributed by atoms with Crippen molar-refractivity contribution in [2.75, 3.05) is 0 Å². The highest BCUT2D eigenvalue weighted by Crippen LogP contribution is 1.85. The average molecular weight is 112 g/mol. The van der Waals surface area contributed by atoms with Gasteiger partial charge in [0.15, 0.2) is 5.84 Å². The van der Waals surface area contributed by atoms with E-state index in [4.69, 9.17) is 11.1 Å². The lowest BCUT2D eigenvalue weighted by Gasteiger charge is -1.81. The zero-order valence-corrected chi connectivity index (χ0v) is 3.96. The average Bonchev–Trinajstić information content (AvgIpc) is 2.12. The molecule has 0 aliphatic carbocycles. The third-order valence-electron chi connectivity index (χ3n) is 0.590. The number of nitrogens with two attached hydrogens (primary N) is 1. The lowest BCUT2D eigenvalue weighted by molar-refractivity contribution is 0.541. The molecule has 5 nitrogen and oxygen atoms in total. The molecule has 0 saturated carbocycles. The molecule has 0 aliphatic heterocycles. The Hall–Kier alpha value is -1.39. The molecule has 0 radical (unpaired) electrons. The van der Waals surface area contributed by atoms with Crippen LogP contribution in [0.25, 0.3) is 0 Å². The number of aromatic nitrogens is 2. The first-order valence-electron chi connectivity index (χ1n) is 1.91. The molecule has 1 rings (SSSR count). The summed E-state index contributed by atoms with van der Waals surface area (Å²) < 4.78 is 4.52. The van der Waals surface area contributed by atoms with Gasteiger partial charge in [-0.2, -0.15) is 0 Å². The SMILES string of the molecule is N=C(N)c1nnco1. The summed E-state index contributed by atoms with van der Waals surface area (Å²) in [6, 6.07) is 0. The van der Waals surface area contributed by atoms with Gasteiger partial charge < -0.3 is 10.2 Å². The van der Waals surface area contributed by atoms with Crippen molar-refractivity contribution in [1.29, 1.82) is 5.41 Å². The van der Waals surface area contributed by atoms with Crippen molar-refractivity contribution >= 4 is 5.84 Å². The summed E-state index contributed by atoms with van der Waals surface area (Å²) in [5.41, 5.74) is 4.95. The van der Waals surface area contributed by atoms with E-state index in [-0.39, 0.29) is 11.7 Å². The van der Waals surface area contributed by atoms with E-state index in [9.17, 15) is 0 Å². The van der Waals surface area contributed by atoms with Crippen LogP contribution in [-0.4, -0.2) is 16.0 Å². The van der Waals surface area contributed by atoms with Gasteiger partial charge in [0.2, 0.25) is 6.39 Å². The highest BCUT2D eigenvalue weighted by molar-refractivity contribution is 5.89. The molecule has 1 heterocycles. The topological polar surface area (TPSA) is 88.8 Å². The number of nitrogens with zero attached hydrogens (tertiary/aromatic N) is 2. The number of nitrogen functional groups attached to an aromatic ring is 1. The molecule has 8 heavy (non-hydrogen) atoms. The number of hydrogen-bond donors (Lipinski definition) is 2. The van der Waals surface area contributed by atoms with Crippen LogP contribution >= 0.6 is 0 Å². The first-order chi connectivity index (χ1) is 3.80. The lowest BCUT2D eigenvalue weighted by Crippen LogP contribution is -2.11. The second kappa shape index (κ2) is 1.61. The number of rotatable bonds is 1. The van der Waals surface area contributed by atoms with Gasteiger partial charge >= 0.3 is 0 Å². The van der Waals surface area contributed by atoms with E-state index in [1.807, 2.05) is 0 Å². The largest absolute Gasteiger partial charge is 0.421 e. The molecule has 42 valence electrons. The van der Waals surface area contributed by atoms with E-state index < -0.39 is 0 Å². The molecular weight excluding hydrogens is 108 g/mol. The minimum Gasteiger partial charge on any atom is -0.421 e. The van der Waals surface area contributed by atoms with Crippen molar-refractivity contribution < 1.29 is 4.42 Å². The molecule has 0 bridgehead atoms. The summed E-state index contributed by atoms with van der Waals surface area (Å²) in [7, 11) is 0. The molecule has 0 amide bonds. The fraction of sp³-hybridized carbons (Fsp3) is 0. The Morgan fingerprint density at radius 2 is 2.62 bits per heavy atom. The van der Waals surface area contributed by atoms with E-state index in [2.05, 4.69) is 14.6 Å². The molecule has 0 atom stereocenters. The Balaban J connectivity index is 2.93. The van der Waals surface area contributed by atoms with Gasteiger partial charge in [-0.1, -0.05) is 0 Å². The summed E-state index contributed by atoms with van der Waals surface area (Å²) in [6.45, 7) is 0. The van der Waals surface area contributed by atoms with Gasteiger partial charge in [-0.05, 0) is 0 Å². The zero-order chi connectivity index (χ0) is 5.98. The van der Waals surface area contributed by atoms with Crippen molar-refractivity contribution in [3.63, 3.8) is 0 Å². The zero-order valence-electron chi connectivity index (χ0n) is 3.96. The van der Waals surface area contributed by atoms with Crippen LogP contribution in [0.4, 0.5) is 0 Å². The van der Waals surface area contributed by atoms with Crippen LogP contribution in [0.1, 0.15) is 5.89 Å². The maximum atomic E-state index is 6.73. The molecular formula is C3H4N4O. The first-order valence-corrected chi connectivity index (χ1v) is 1.91. The predicted molar refractivity (Wildman–Crippen MR) is 25.3 cm³/mol. The third kappa shape index (κ3) is 0.651. The van der Waals surface area contributed by atoms with Crippen LogP contribution in [-0.2, 0) is 0 Å². The first kappa shape index (κ1) is 4.76. The lowest BCUT2D eigenvalue weighted by atomic mass is 10.6. The van der Waals surface area contributed by atoms with Crippen LogP contribution in [0.5, 0.6) is 0 Å². The molecule has 0 unspecified atom stereocenters. The predicted octanol–water partition coefficient (Wildman–Crippen LogP) is -0.646. The van der Waals surface area contributed by atoms with Crippen molar-refractivity contribution in [3.8, 4) is 0 Å². The normalized spacial score (nSPS) is 9.00. The Morgan fingerprint density at radius 3 is 2.88 bits per heavy atom. The molecule has 0 fully saturated rings. The minimum atomic E-state index is -0.206.